The molecule has 0 N–H and O–H groups in total. The molecule has 0 aromatic heterocycles. The predicted octanol–water partition coefficient (Wildman–Crippen LogP) is 2.87. The first kappa shape index (κ1) is 10.5. The largest absolute Gasteiger partial charge is 0.423 e. The van der Waals surface area contributed by atoms with Gasteiger partial charge in [-0.25, -0.2) is 4.79 Å². The second-order valence-electron chi connectivity index (χ2n) is 3.18. The highest BCUT2D eigenvalue weighted by molar-refractivity contribution is 5.89. The molecule has 0 spiro atoms. The third kappa shape index (κ3) is 2.73. The lowest BCUT2D eigenvalue weighted by Gasteiger charge is -2.04. The van der Waals surface area contributed by atoms with Crippen molar-refractivity contribution < 1.29 is 9.53 Å². The molecule has 1 aromatic carbocycles. The first-order valence-electron chi connectivity index (χ1n) is 4.55. The van der Waals surface area contributed by atoms with Crippen molar-refractivity contribution in [1.29, 1.82) is 0 Å². The fourth-order valence-electron chi connectivity index (χ4n) is 0.984. The molecule has 0 radical (unpaired) electrons. The van der Waals surface area contributed by atoms with Crippen molar-refractivity contribution in [2.24, 2.45) is 0 Å². The van der Waals surface area contributed by atoms with E-state index in [1.165, 1.54) is 0 Å². The van der Waals surface area contributed by atoms with Gasteiger partial charge in [-0.3, -0.25) is 0 Å². The molecule has 0 aliphatic rings. The monoisotopic (exact) mass is 190 g/mol. The summed E-state index contributed by atoms with van der Waals surface area (Å²) in [5, 5.41) is 0. The summed E-state index contributed by atoms with van der Waals surface area (Å²) in [5.41, 5.74) is 1.69. The molecule has 2 heteroatoms. The Kier molecular flexibility index (Phi) is 3.46. The molecule has 0 fully saturated rings. The van der Waals surface area contributed by atoms with E-state index < -0.39 is 0 Å². The van der Waals surface area contributed by atoms with Crippen molar-refractivity contribution in [2.45, 2.75) is 20.8 Å². The molecule has 0 bridgehead atoms. The quantitative estimate of drug-likeness (QED) is 0.407. The van der Waals surface area contributed by atoms with Crippen LogP contribution < -0.4 is 4.74 Å². The summed E-state index contributed by atoms with van der Waals surface area (Å²) in [5.74, 6) is 0.300. The van der Waals surface area contributed by atoms with Crippen LogP contribution in [0, 0.1) is 6.92 Å². The van der Waals surface area contributed by atoms with Crippen LogP contribution in [-0.2, 0) is 4.79 Å². The molecule has 0 aliphatic heterocycles. The maximum atomic E-state index is 11.4. The highest BCUT2D eigenvalue weighted by Gasteiger charge is 2.05. The first-order valence-corrected chi connectivity index (χ1v) is 4.55. The third-order valence-corrected chi connectivity index (χ3v) is 1.96. The molecular weight excluding hydrogens is 176 g/mol. The number of esters is 1. The van der Waals surface area contributed by atoms with E-state index in [2.05, 4.69) is 0 Å². The van der Waals surface area contributed by atoms with Gasteiger partial charge < -0.3 is 4.74 Å². The number of aryl methyl sites for hydroxylation is 1. The molecule has 0 saturated carbocycles. The summed E-state index contributed by atoms with van der Waals surface area (Å²) in [6.07, 6.45) is 1.73. The van der Waals surface area contributed by atoms with E-state index in [9.17, 15) is 4.79 Å². The van der Waals surface area contributed by atoms with Gasteiger partial charge in [0.15, 0.2) is 0 Å². The van der Waals surface area contributed by atoms with E-state index >= 15 is 0 Å². The van der Waals surface area contributed by atoms with Gasteiger partial charge in [0, 0.05) is 5.57 Å². The van der Waals surface area contributed by atoms with E-state index in [0.717, 1.165) is 5.56 Å². The molecule has 14 heavy (non-hydrogen) atoms. The standard InChI is InChI=1S/C12H14O2/c1-4-10(3)12(13)14-11-7-5-6-9(2)8-11/h4-8H,1-3H3. The van der Waals surface area contributed by atoms with Crippen LogP contribution in [-0.4, -0.2) is 5.97 Å². The van der Waals surface area contributed by atoms with Gasteiger partial charge in [-0.1, -0.05) is 18.2 Å². The Morgan fingerprint density at radius 3 is 2.71 bits per heavy atom. The van der Waals surface area contributed by atoms with Crippen LogP contribution >= 0.6 is 0 Å². The van der Waals surface area contributed by atoms with Crippen LogP contribution in [0.4, 0.5) is 0 Å². The van der Waals surface area contributed by atoms with Crippen molar-refractivity contribution in [3.8, 4) is 5.75 Å². The number of carbonyl (C=O) groups excluding carboxylic acids is 1. The highest BCUT2D eigenvalue weighted by Crippen LogP contribution is 2.13. The Morgan fingerprint density at radius 2 is 2.14 bits per heavy atom. The van der Waals surface area contributed by atoms with Crippen molar-refractivity contribution in [3.63, 3.8) is 0 Å². The van der Waals surface area contributed by atoms with E-state index in [4.69, 9.17) is 4.74 Å². The van der Waals surface area contributed by atoms with Gasteiger partial charge in [0.1, 0.15) is 5.75 Å². The number of rotatable bonds is 2. The minimum atomic E-state index is -0.293. The Morgan fingerprint density at radius 1 is 1.43 bits per heavy atom. The van der Waals surface area contributed by atoms with Gasteiger partial charge in [0.05, 0.1) is 0 Å². The number of benzene rings is 1. The zero-order valence-electron chi connectivity index (χ0n) is 8.70. The van der Waals surface area contributed by atoms with Gasteiger partial charge in [0.2, 0.25) is 0 Å². The van der Waals surface area contributed by atoms with Gasteiger partial charge in [-0.15, -0.1) is 0 Å². The van der Waals surface area contributed by atoms with Crippen LogP contribution in [0.3, 0.4) is 0 Å². The Bertz CT molecular complexity index is 364. The molecule has 0 unspecified atom stereocenters. The molecule has 0 aliphatic carbocycles. The van der Waals surface area contributed by atoms with Crippen LogP contribution in [0.15, 0.2) is 35.9 Å². The SMILES string of the molecule is CC=C(C)C(=O)Oc1cccc(C)c1. The number of hydrogen-bond donors (Lipinski definition) is 0. The van der Waals surface area contributed by atoms with E-state index in [1.807, 2.05) is 32.0 Å². The average molecular weight is 190 g/mol. The predicted molar refractivity (Wildman–Crippen MR) is 56.2 cm³/mol. The van der Waals surface area contributed by atoms with E-state index in [-0.39, 0.29) is 5.97 Å². The molecule has 1 rings (SSSR count). The maximum Gasteiger partial charge on any atom is 0.338 e. The highest BCUT2D eigenvalue weighted by atomic mass is 16.5. The molecule has 74 valence electrons. The molecule has 0 atom stereocenters. The number of hydrogen-bond acceptors (Lipinski definition) is 2. The molecule has 0 saturated heterocycles. The number of carbonyl (C=O) groups is 1. The summed E-state index contributed by atoms with van der Waals surface area (Å²) in [7, 11) is 0. The molecule has 1 aromatic rings. The Hall–Kier alpha value is -1.57. The van der Waals surface area contributed by atoms with Crippen molar-refractivity contribution in [2.75, 3.05) is 0 Å². The molecule has 0 amide bonds. The second kappa shape index (κ2) is 4.61. The van der Waals surface area contributed by atoms with E-state index in [1.54, 1.807) is 19.1 Å². The average Bonchev–Trinajstić information content (AvgIpc) is 2.16. The van der Waals surface area contributed by atoms with Gasteiger partial charge in [-0.2, -0.15) is 0 Å². The van der Waals surface area contributed by atoms with Crippen LogP contribution in [0.5, 0.6) is 5.75 Å². The fraction of sp³-hybridized carbons (Fsp3) is 0.250. The van der Waals surface area contributed by atoms with Crippen molar-refractivity contribution >= 4 is 5.97 Å². The minimum Gasteiger partial charge on any atom is -0.423 e. The Labute approximate surface area is 84.2 Å². The van der Waals surface area contributed by atoms with Crippen LogP contribution in [0.2, 0.25) is 0 Å². The van der Waals surface area contributed by atoms with Crippen LogP contribution in [0.25, 0.3) is 0 Å². The lowest BCUT2D eigenvalue weighted by atomic mass is 10.2. The van der Waals surface area contributed by atoms with E-state index in [0.29, 0.717) is 11.3 Å². The summed E-state index contributed by atoms with van der Waals surface area (Å²) in [6.45, 7) is 5.50. The zero-order valence-corrected chi connectivity index (χ0v) is 8.70. The summed E-state index contributed by atoms with van der Waals surface area (Å²) in [4.78, 5) is 11.4. The van der Waals surface area contributed by atoms with Gasteiger partial charge >= 0.3 is 5.97 Å². The summed E-state index contributed by atoms with van der Waals surface area (Å²) < 4.78 is 5.14. The zero-order chi connectivity index (χ0) is 10.6. The number of ether oxygens (including phenoxy) is 1. The third-order valence-electron chi connectivity index (χ3n) is 1.96. The minimum absolute atomic E-state index is 0.293. The van der Waals surface area contributed by atoms with Crippen molar-refractivity contribution in [3.05, 3.63) is 41.5 Å². The normalized spacial score (nSPS) is 11.2. The van der Waals surface area contributed by atoms with Gasteiger partial charge in [0.25, 0.3) is 0 Å². The van der Waals surface area contributed by atoms with Crippen molar-refractivity contribution in [1.82, 2.24) is 0 Å². The number of allylic oxidation sites excluding steroid dienone is 1. The maximum absolute atomic E-state index is 11.4. The molecular formula is C12H14O2. The molecule has 0 heterocycles. The lowest BCUT2D eigenvalue weighted by Crippen LogP contribution is -2.08. The van der Waals surface area contributed by atoms with Crippen LogP contribution in [0.1, 0.15) is 19.4 Å². The first-order chi connectivity index (χ1) is 6.63. The smallest absolute Gasteiger partial charge is 0.338 e. The summed E-state index contributed by atoms with van der Waals surface area (Å²) >= 11 is 0. The molecule has 2 nitrogen and oxygen atoms in total. The lowest BCUT2D eigenvalue weighted by molar-refractivity contribution is -0.130. The topological polar surface area (TPSA) is 26.3 Å². The summed E-state index contributed by atoms with van der Waals surface area (Å²) in [6, 6.07) is 7.43. The Balaban J connectivity index is 2.75. The second-order valence-corrected chi connectivity index (χ2v) is 3.18. The fourth-order valence-corrected chi connectivity index (χ4v) is 0.984. The van der Waals surface area contributed by atoms with Gasteiger partial charge in [-0.05, 0) is 38.5 Å².